The molecule has 0 bridgehead atoms. The lowest BCUT2D eigenvalue weighted by atomic mass is 10.2. The zero-order valence-electron chi connectivity index (χ0n) is 15.3. The molecule has 8 heteroatoms. The molecular formula is C20H22F2N4O2. The number of halogens is 2. The normalized spacial score (nSPS) is 13.9. The van der Waals surface area contributed by atoms with E-state index in [-0.39, 0.29) is 30.6 Å². The van der Waals surface area contributed by atoms with Crippen LogP contribution < -0.4 is 15.5 Å². The first-order valence-electron chi connectivity index (χ1n) is 9.06. The molecule has 3 amide bonds. The molecule has 2 N–H and O–H groups in total. The summed E-state index contributed by atoms with van der Waals surface area (Å²) in [4.78, 5) is 27.9. The molecule has 0 atom stereocenters. The number of nitrogens with zero attached hydrogens (tertiary/aromatic N) is 2. The van der Waals surface area contributed by atoms with Crippen molar-refractivity contribution in [2.24, 2.45) is 0 Å². The molecule has 1 aliphatic heterocycles. The van der Waals surface area contributed by atoms with E-state index in [2.05, 4.69) is 15.5 Å². The van der Waals surface area contributed by atoms with Crippen molar-refractivity contribution in [2.45, 2.75) is 6.54 Å². The van der Waals surface area contributed by atoms with Gasteiger partial charge in [0.1, 0.15) is 11.6 Å². The van der Waals surface area contributed by atoms with E-state index in [1.54, 1.807) is 29.2 Å². The molecule has 1 aliphatic rings. The molecule has 0 unspecified atom stereocenters. The van der Waals surface area contributed by atoms with Crippen LogP contribution in [0.15, 0.2) is 48.5 Å². The van der Waals surface area contributed by atoms with Crippen LogP contribution >= 0.6 is 0 Å². The molecule has 0 aromatic heterocycles. The van der Waals surface area contributed by atoms with Gasteiger partial charge in [-0.1, -0.05) is 12.1 Å². The number of piperazine rings is 1. The predicted molar refractivity (Wildman–Crippen MR) is 102 cm³/mol. The maximum Gasteiger partial charge on any atom is 0.315 e. The van der Waals surface area contributed by atoms with Gasteiger partial charge < -0.3 is 20.4 Å². The maximum absolute atomic E-state index is 13.0. The van der Waals surface area contributed by atoms with Gasteiger partial charge in [-0.15, -0.1) is 0 Å². The first-order chi connectivity index (χ1) is 13.5. The van der Waals surface area contributed by atoms with Crippen LogP contribution in [0.1, 0.15) is 5.56 Å². The number of carbonyl (C=O) groups is 2. The highest BCUT2D eigenvalue weighted by atomic mass is 19.1. The SMILES string of the molecule is O=C(NCC(=O)N1CCN(c2ccc(F)cc2)CC1)NCc1ccc(F)cc1. The summed E-state index contributed by atoms with van der Waals surface area (Å²) in [6, 6.07) is 11.6. The zero-order chi connectivity index (χ0) is 19.9. The Morgan fingerprint density at radius 2 is 1.39 bits per heavy atom. The van der Waals surface area contributed by atoms with Crippen molar-refractivity contribution in [3.63, 3.8) is 0 Å². The standard InChI is InChI=1S/C20H22F2N4O2/c21-16-3-1-15(2-4-16)13-23-20(28)24-14-19(27)26-11-9-25(10-12-26)18-7-5-17(22)6-8-18/h1-8H,9-14H2,(H2,23,24,28). The maximum atomic E-state index is 13.0. The Morgan fingerprint density at radius 1 is 0.821 bits per heavy atom. The van der Waals surface area contributed by atoms with E-state index in [4.69, 9.17) is 0 Å². The lowest BCUT2D eigenvalue weighted by Gasteiger charge is -2.36. The molecule has 148 valence electrons. The highest BCUT2D eigenvalue weighted by Crippen LogP contribution is 2.16. The van der Waals surface area contributed by atoms with Gasteiger partial charge in [0.05, 0.1) is 6.54 Å². The number of amides is 3. The zero-order valence-corrected chi connectivity index (χ0v) is 15.3. The van der Waals surface area contributed by atoms with Crippen molar-refractivity contribution in [2.75, 3.05) is 37.6 Å². The van der Waals surface area contributed by atoms with Crippen molar-refractivity contribution >= 4 is 17.6 Å². The minimum absolute atomic E-state index is 0.0915. The second-order valence-corrected chi connectivity index (χ2v) is 6.51. The largest absolute Gasteiger partial charge is 0.368 e. The Labute approximate surface area is 162 Å². The minimum Gasteiger partial charge on any atom is -0.368 e. The van der Waals surface area contributed by atoms with Gasteiger partial charge >= 0.3 is 6.03 Å². The number of benzene rings is 2. The van der Waals surface area contributed by atoms with E-state index in [9.17, 15) is 18.4 Å². The van der Waals surface area contributed by atoms with Crippen molar-refractivity contribution < 1.29 is 18.4 Å². The monoisotopic (exact) mass is 388 g/mol. The fourth-order valence-electron chi connectivity index (χ4n) is 2.98. The Morgan fingerprint density at radius 3 is 2.00 bits per heavy atom. The van der Waals surface area contributed by atoms with Gasteiger partial charge in [0.15, 0.2) is 0 Å². The van der Waals surface area contributed by atoms with Crippen LogP contribution in [-0.2, 0) is 11.3 Å². The number of carbonyl (C=O) groups excluding carboxylic acids is 2. The van der Waals surface area contributed by atoms with Crippen LogP contribution in [0.2, 0.25) is 0 Å². The predicted octanol–water partition coefficient (Wildman–Crippen LogP) is 2.11. The number of anilines is 1. The summed E-state index contributed by atoms with van der Waals surface area (Å²) in [6.07, 6.45) is 0. The molecule has 2 aromatic carbocycles. The van der Waals surface area contributed by atoms with Crippen molar-refractivity contribution in [1.29, 1.82) is 0 Å². The number of urea groups is 1. The van der Waals surface area contributed by atoms with Gasteiger partial charge in [-0.05, 0) is 42.0 Å². The summed E-state index contributed by atoms with van der Waals surface area (Å²) >= 11 is 0. The molecule has 1 saturated heterocycles. The van der Waals surface area contributed by atoms with Crippen LogP contribution in [0.4, 0.5) is 19.3 Å². The quantitative estimate of drug-likeness (QED) is 0.825. The van der Waals surface area contributed by atoms with Gasteiger partial charge in [0.2, 0.25) is 5.91 Å². The van der Waals surface area contributed by atoms with Gasteiger partial charge in [-0.2, -0.15) is 0 Å². The average Bonchev–Trinajstić information content (AvgIpc) is 2.72. The minimum atomic E-state index is -0.456. The Kier molecular flexibility index (Phi) is 6.41. The molecular weight excluding hydrogens is 366 g/mol. The molecule has 6 nitrogen and oxygen atoms in total. The first kappa shape index (κ1) is 19.6. The molecule has 2 aromatic rings. The van der Waals surface area contributed by atoms with Crippen molar-refractivity contribution in [3.8, 4) is 0 Å². The van der Waals surface area contributed by atoms with E-state index in [0.29, 0.717) is 26.2 Å². The highest BCUT2D eigenvalue weighted by molar-refractivity contribution is 5.84. The lowest BCUT2D eigenvalue weighted by Crippen LogP contribution is -2.52. The average molecular weight is 388 g/mol. The van der Waals surface area contributed by atoms with Crippen LogP contribution in [0.5, 0.6) is 0 Å². The van der Waals surface area contributed by atoms with Crippen LogP contribution in [0.25, 0.3) is 0 Å². The first-order valence-corrected chi connectivity index (χ1v) is 9.06. The Bertz CT molecular complexity index is 804. The van der Waals surface area contributed by atoms with Gasteiger partial charge in [-0.25, -0.2) is 13.6 Å². The van der Waals surface area contributed by atoms with Crippen molar-refractivity contribution in [1.82, 2.24) is 15.5 Å². The number of hydrogen-bond acceptors (Lipinski definition) is 3. The molecule has 0 spiro atoms. The second kappa shape index (κ2) is 9.16. The summed E-state index contributed by atoms with van der Waals surface area (Å²) < 4.78 is 25.9. The van der Waals surface area contributed by atoms with E-state index >= 15 is 0 Å². The Hall–Kier alpha value is -3.16. The number of hydrogen-bond donors (Lipinski definition) is 2. The summed E-state index contributed by atoms with van der Waals surface area (Å²) in [7, 11) is 0. The molecule has 1 heterocycles. The van der Waals surface area contributed by atoms with E-state index in [1.807, 2.05) is 0 Å². The smallest absolute Gasteiger partial charge is 0.315 e. The lowest BCUT2D eigenvalue weighted by molar-refractivity contribution is -0.130. The molecule has 3 rings (SSSR count). The fourth-order valence-corrected chi connectivity index (χ4v) is 2.98. The van der Waals surface area contributed by atoms with Gasteiger partial charge in [0, 0.05) is 38.4 Å². The van der Waals surface area contributed by atoms with Crippen LogP contribution in [0, 0.1) is 11.6 Å². The molecule has 0 aliphatic carbocycles. The third kappa shape index (κ3) is 5.42. The van der Waals surface area contributed by atoms with E-state index in [1.165, 1.54) is 24.3 Å². The van der Waals surface area contributed by atoms with E-state index in [0.717, 1.165) is 11.3 Å². The number of nitrogens with one attached hydrogen (secondary N) is 2. The fraction of sp³-hybridized carbons (Fsp3) is 0.300. The molecule has 28 heavy (non-hydrogen) atoms. The van der Waals surface area contributed by atoms with E-state index < -0.39 is 6.03 Å². The topological polar surface area (TPSA) is 64.7 Å². The van der Waals surface area contributed by atoms with Gasteiger partial charge in [-0.3, -0.25) is 4.79 Å². The third-order valence-electron chi connectivity index (χ3n) is 4.59. The summed E-state index contributed by atoms with van der Waals surface area (Å²) in [5.41, 5.74) is 1.69. The summed E-state index contributed by atoms with van der Waals surface area (Å²) in [6.45, 7) is 2.52. The van der Waals surface area contributed by atoms with Crippen molar-refractivity contribution in [3.05, 3.63) is 65.7 Å². The second-order valence-electron chi connectivity index (χ2n) is 6.51. The van der Waals surface area contributed by atoms with Crippen LogP contribution in [0.3, 0.4) is 0 Å². The highest BCUT2D eigenvalue weighted by Gasteiger charge is 2.21. The number of rotatable bonds is 5. The Balaban J connectivity index is 1.37. The van der Waals surface area contributed by atoms with Crippen LogP contribution in [-0.4, -0.2) is 49.6 Å². The molecule has 1 fully saturated rings. The summed E-state index contributed by atoms with van der Waals surface area (Å²) in [5.74, 6) is -0.768. The molecule has 0 saturated carbocycles. The molecule has 0 radical (unpaired) electrons. The summed E-state index contributed by atoms with van der Waals surface area (Å²) in [5, 5.41) is 5.17. The third-order valence-corrected chi connectivity index (χ3v) is 4.59. The van der Waals surface area contributed by atoms with Gasteiger partial charge in [0.25, 0.3) is 0 Å².